The Morgan fingerprint density at radius 2 is 2.05 bits per heavy atom. The normalized spacial score (nSPS) is 17.8. The van der Waals surface area contributed by atoms with E-state index in [4.69, 9.17) is 10.5 Å². The molecular formula is C14H23N3O3S. The van der Waals surface area contributed by atoms with Crippen LogP contribution in [0.3, 0.4) is 0 Å². The predicted molar refractivity (Wildman–Crippen MR) is 82.9 cm³/mol. The van der Waals surface area contributed by atoms with Crippen LogP contribution in [0.25, 0.3) is 0 Å². The number of benzene rings is 1. The standard InChI is InChI=1S/C14H23N3O3S/c1-11(17-7-3-4-8-17)10-16-21(18,19)14-6-5-12(15)9-13(14)20-2/h5-6,9,11,16H,3-4,7-8,10,15H2,1-2H3. The lowest BCUT2D eigenvalue weighted by molar-refractivity contribution is 0.260. The van der Waals surface area contributed by atoms with Crippen molar-refractivity contribution in [3.63, 3.8) is 0 Å². The van der Waals surface area contributed by atoms with Crippen molar-refractivity contribution in [1.82, 2.24) is 9.62 Å². The number of sulfonamides is 1. The Kier molecular flexibility index (Phi) is 5.08. The van der Waals surface area contributed by atoms with E-state index in [0.717, 1.165) is 13.1 Å². The van der Waals surface area contributed by atoms with Crippen LogP contribution in [0.15, 0.2) is 23.1 Å². The average Bonchev–Trinajstić information content (AvgIpc) is 2.98. The molecular weight excluding hydrogens is 290 g/mol. The molecule has 7 heteroatoms. The molecule has 1 aliphatic heterocycles. The van der Waals surface area contributed by atoms with Gasteiger partial charge in [0, 0.05) is 24.3 Å². The minimum atomic E-state index is -3.60. The molecule has 0 spiro atoms. The van der Waals surface area contributed by atoms with Crippen molar-refractivity contribution in [2.45, 2.75) is 30.7 Å². The molecule has 1 saturated heterocycles. The second kappa shape index (κ2) is 6.64. The number of nitrogens with zero attached hydrogens (tertiary/aromatic N) is 1. The summed E-state index contributed by atoms with van der Waals surface area (Å²) in [7, 11) is -2.17. The van der Waals surface area contributed by atoms with Crippen molar-refractivity contribution >= 4 is 15.7 Å². The van der Waals surface area contributed by atoms with Gasteiger partial charge in [0.15, 0.2) is 0 Å². The van der Waals surface area contributed by atoms with Gasteiger partial charge in [-0.2, -0.15) is 0 Å². The first-order valence-electron chi connectivity index (χ1n) is 7.11. The molecule has 1 fully saturated rings. The fourth-order valence-corrected chi connectivity index (χ4v) is 3.80. The van der Waals surface area contributed by atoms with E-state index in [-0.39, 0.29) is 16.7 Å². The van der Waals surface area contributed by atoms with Crippen molar-refractivity contribution < 1.29 is 13.2 Å². The van der Waals surface area contributed by atoms with Crippen molar-refractivity contribution in [1.29, 1.82) is 0 Å². The summed E-state index contributed by atoms with van der Waals surface area (Å²) < 4.78 is 32.5. The minimum absolute atomic E-state index is 0.118. The van der Waals surface area contributed by atoms with Gasteiger partial charge in [-0.3, -0.25) is 4.90 Å². The Labute approximate surface area is 126 Å². The lowest BCUT2D eigenvalue weighted by atomic mass is 10.3. The van der Waals surface area contributed by atoms with Gasteiger partial charge in [-0.1, -0.05) is 0 Å². The predicted octanol–water partition coefficient (Wildman–Crippen LogP) is 1.04. The molecule has 21 heavy (non-hydrogen) atoms. The van der Waals surface area contributed by atoms with Crippen LogP contribution < -0.4 is 15.2 Å². The molecule has 2 rings (SSSR count). The van der Waals surface area contributed by atoms with Crippen molar-refractivity contribution in [2.75, 3.05) is 32.5 Å². The molecule has 0 saturated carbocycles. The number of nitrogens with one attached hydrogen (secondary N) is 1. The highest BCUT2D eigenvalue weighted by Crippen LogP contribution is 2.25. The zero-order valence-corrected chi connectivity index (χ0v) is 13.3. The number of likely N-dealkylation sites (tertiary alicyclic amines) is 1. The fraction of sp³-hybridized carbons (Fsp3) is 0.571. The monoisotopic (exact) mass is 313 g/mol. The first-order valence-corrected chi connectivity index (χ1v) is 8.59. The lowest BCUT2D eigenvalue weighted by Gasteiger charge is -2.24. The van der Waals surface area contributed by atoms with E-state index in [2.05, 4.69) is 9.62 Å². The zero-order valence-electron chi connectivity index (χ0n) is 12.5. The molecule has 0 bridgehead atoms. The molecule has 118 valence electrons. The number of methoxy groups -OCH3 is 1. The van der Waals surface area contributed by atoms with Gasteiger partial charge in [0.05, 0.1) is 7.11 Å². The molecule has 0 aliphatic carbocycles. The van der Waals surface area contributed by atoms with Crippen LogP contribution in [0.4, 0.5) is 5.69 Å². The van der Waals surface area contributed by atoms with Gasteiger partial charge in [-0.05, 0) is 45.0 Å². The summed E-state index contributed by atoms with van der Waals surface area (Å²) in [5.74, 6) is 0.260. The maximum atomic E-state index is 12.4. The maximum Gasteiger partial charge on any atom is 0.244 e. The van der Waals surface area contributed by atoms with Gasteiger partial charge in [0.2, 0.25) is 10.0 Å². The van der Waals surface area contributed by atoms with Gasteiger partial charge < -0.3 is 10.5 Å². The first-order chi connectivity index (χ1) is 9.94. The Hall–Kier alpha value is -1.31. The maximum absolute atomic E-state index is 12.4. The zero-order chi connectivity index (χ0) is 15.5. The number of anilines is 1. The summed E-state index contributed by atoms with van der Waals surface area (Å²) in [6.07, 6.45) is 2.37. The van der Waals surface area contributed by atoms with Crippen LogP contribution in [-0.4, -0.2) is 46.1 Å². The minimum Gasteiger partial charge on any atom is -0.495 e. The first kappa shape index (κ1) is 16.1. The summed E-state index contributed by atoms with van der Waals surface area (Å²) >= 11 is 0. The van der Waals surface area contributed by atoms with Crippen LogP contribution in [-0.2, 0) is 10.0 Å². The van der Waals surface area contributed by atoms with E-state index >= 15 is 0 Å². The highest BCUT2D eigenvalue weighted by atomic mass is 32.2. The van der Waals surface area contributed by atoms with Crippen molar-refractivity contribution in [2.24, 2.45) is 0 Å². The third kappa shape index (κ3) is 3.87. The molecule has 0 aromatic heterocycles. The van der Waals surface area contributed by atoms with Crippen molar-refractivity contribution in [3.05, 3.63) is 18.2 Å². The highest BCUT2D eigenvalue weighted by molar-refractivity contribution is 7.89. The Morgan fingerprint density at radius 1 is 1.38 bits per heavy atom. The molecule has 6 nitrogen and oxygen atoms in total. The number of hydrogen-bond donors (Lipinski definition) is 2. The highest BCUT2D eigenvalue weighted by Gasteiger charge is 2.23. The van der Waals surface area contributed by atoms with Gasteiger partial charge in [0.25, 0.3) is 0 Å². The quantitative estimate of drug-likeness (QED) is 0.767. The molecule has 1 aromatic rings. The van der Waals surface area contributed by atoms with Gasteiger partial charge >= 0.3 is 0 Å². The van der Waals surface area contributed by atoms with Crippen LogP contribution >= 0.6 is 0 Å². The second-order valence-corrected chi connectivity index (χ2v) is 7.09. The molecule has 1 aliphatic rings. The summed E-state index contributed by atoms with van der Waals surface area (Å²) in [4.78, 5) is 2.41. The van der Waals surface area contributed by atoms with Crippen LogP contribution in [0.2, 0.25) is 0 Å². The molecule has 1 heterocycles. The third-order valence-electron chi connectivity index (χ3n) is 3.81. The topological polar surface area (TPSA) is 84.7 Å². The molecule has 1 aromatic carbocycles. The summed E-state index contributed by atoms with van der Waals surface area (Å²) in [5, 5.41) is 0. The fourth-order valence-electron chi connectivity index (χ4n) is 2.53. The smallest absolute Gasteiger partial charge is 0.244 e. The molecule has 1 atom stereocenters. The number of nitrogens with two attached hydrogens (primary N) is 1. The average molecular weight is 313 g/mol. The van der Waals surface area contributed by atoms with Gasteiger partial charge in [-0.15, -0.1) is 0 Å². The van der Waals surface area contributed by atoms with Crippen LogP contribution in [0.5, 0.6) is 5.75 Å². The lowest BCUT2D eigenvalue weighted by Crippen LogP contribution is -2.40. The third-order valence-corrected chi connectivity index (χ3v) is 5.27. The number of nitrogen functional groups attached to an aromatic ring is 1. The van der Waals surface area contributed by atoms with Gasteiger partial charge in [0.1, 0.15) is 10.6 Å². The second-order valence-electron chi connectivity index (χ2n) is 5.35. The summed E-state index contributed by atoms with van der Waals surface area (Å²) in [6.45, 7) is 4.49. The Bertz CT molecular complexity index is 583. The molecule has 3 N–H and O–H groups in total. The Morgan fingerprint density at radius 3 is 2.67 bits per heavy atom. The SMILES string of the molecule is COc1cc(N)ccc1S(=O)(=O)NCC(C)N1CCCC1. The van der Waals surface area contributed by atoms with E-state index in [9.17, 15) is 8.42 Å². The number of ether oxygens (including phenoxy) is 1. The molecule has 1 unspecified atom stereocenters. The van der Waals surface area contributed by atoms with Gasteiger partial charge in [-0.25, -0.2) is 13.1 Å². The largest absolute Gasteiger partial charge is 0.495 e. The van der Waals surface area contributed by atoms with Crippen LogP contribution in [0.1, 0.15) is 19.8 Å². The van der Waals surface area contributed by atoms with Crippen molar-refractivity contribution in [3.8, 4) is 5.75 Å². The summed E-state index contributed by atoms with van der Waals surface area (Å²) in [6, 6.07) is 4.72. The van der Waals surface area contributed by atoms with Crippen LogP contribution in [0, 0.1) is 0 Å². The van der Waals surface area contributed by atoms with E-state index in [1.807, 2.05) is 6.92 Å². The van der Waals surface area contributed by atoms with E-state index in [0.29, 0.717) is 12.2 Å². The number of rotatable bonds is 6. The molecule has 0 amide bonds. The summed E-state index contributed by atoms with van der Waals surface area (Å²) in [5.41, 5.74) is 6.12. The molecule has 0 radical (unpaired) electrons. The van der Waals surface area contributed by atoms with E-state index < -0.39 is 10.0 Å². The Balaban J connectivity index is 2.07. The number of hydrogen-bond acceptors (Lipinski definition) is 5. The van der Waals surface area contributed by atoms with E-state index in [1.165, 1.54) is 32.1 Å². The van der Waals surface area contributed by atoms with E-state index in [1.54, 1.807) is 6.07 Å².